The van der Waals surface area contributed by atoms with E-state index in [1.807, 2.05) is 0 Å². The molecule has 6 nitrogen and oxygen atoms in total. The predicted molar refractivity (Wildman–Crippen MR) is 264 cm³/mol. The largest absolute Gasteiger partial charge is 0.466 e. The first-order valence-corrected chi connectivity index (χ1v) is 27.1. The second-order valence-corrected chi connectivity index (χ2v) is 18.6. The van der Waals surface area contributed by atoms with Crippen molar-refractivity contribution in [3.05, 3.63) is 24.3 Å². The fourth-order valence-electron chi connectivity index (χ4n) is 8.28. The van der Waals surface area contributed by atoms with Crippen LogP contribution >= 0.6 is 0 Å². The van der Waals surface area contributed by atoms with Crippen LogP contribution in [0.1, 0.15) is 290 Å². The first-order valence-electron chi connectivity index (χ1n) is 27.1. The Balaban J connectivity index is 3.51. The summed E-state index contributed by atoms with van der Waals surface area (Å²) in [6, 6.07) is -0.561. The Morgan fingerprint density at radius 1 is 0.443 bits per heavy atom. The number of nitrogens with one attached hydrogen (secondary N) is 1. The van der Waals surface area contributed by atoms with E-state index in [1.54, 1.807) is 0 Å². The van der Waals surface area contributed by atoms with Gasteiger partial charge >= 0.3 is 5.97 Å². The molecule has 0 aliphatic rings. The van der Waals surface area contributed by atoms with E-state index in [9.17, 15) is 19.8 Å². The van der Waals surface area contributed by atoms with Crippen LogP contribution in [0.15, 0.2) is 24.3 Å². The zero-order valence-corrected chi connectivity index (χ0v) is 40.9. The van der Waals surface area contributed by atoms with Crippen LogP contribution in [0.4, 0.5) is 0 Å². The van der Waals surface area contributed by atoms with E-state index < -0.39 is 12.1 Å². The minimum Gasteiger partial charge on any atom is -0.466 e. The third-order valence-electron chi connectivity index (χ3n) is 12.5. The number of esters is 1. The molecule has 0 bridgehead atoms. The number of aliphatic hydroxyl groups excluding tert-OH is 2. The van der Waals surface area contributed by atoms with Crippen molar-refractivity contribution in [2.75, 3.05) is 13.2 Å². The fraction of sp³-hybridized carbons (Fsp3) is 0.891. The lowest BCUT2D eigenvalue weighted by Crippen LogP contribution is -2.45. The van der Waals surface area contributed by atoms with Gasteiger partial charge in [-0.25, -0.2) is 0 Å². The molecular formula is C55H105NO5. The van der Waals surface area contributed by atoms with Crippen LogP contribution in [0.25, 0.3) is 0 Å². The van der Waals surface area contributed by atoms with Crippen molar-refractivity contribution < 1.29 is 24.5 Å². The SMILES string of the molecule is CCCCCC/C=C\CCCCCCCC(=O)OCCCCC/C=C\CCCCCCCC(=O)NC(CO)C(O)CCCCCCCCCCCCCCCCCCCCC. The average Bonchev–Trinajstić information content (AvgIpc) is 3.26. The number of carbonyl (C=O) groups is 2. The van der Waals surface area contributed by atoms with Gasteiger partial charge in [0.15, 0.2) is 0 Å². The zero-order valence-electron chi connectivity index (χ0n) is 40.9. The van der Waals surface area contributed by atoms with E-state index in [0.717, 1.165) is 77.0 Å². The molecule has 0 rings (SSSR count). The van der Waals surface area contributed by atoms with Gasteiger partial charge in [0.1, 0.15) is 0 Å². The number of ether oxygens (including phenoxy) is 1. The minimum atomic E-state index is -0.681. The molecule has 0 aliphatic carbocycles. The molecule has 2 unspecified atom stereocenters. The van der Waals surface area contributed by atoms with Crippen molar-refractivity contribution >= 4 is 11.9 Å². The molecule has 6 heteroatoms. The molecule has 0 aromatic carbocycles. The van der Waals surface area contributed by atoms with Crippen molar-refractivity contribution in [2.45, 2.75) is 302 Å². The summed E-state index contributed by atoms with van der Waals surface area (Å²) in [6.07, 6.45) is 60.1. The van der Waals surface area contributed by atoms with Crippen LogP contribution < -0.4 is 5.32 Å². The number of unbranched alkanes of at least 4 members (excludes halogenated alkanes) is 35. The molecular weight excluding hydrogens is 755 g/mol. The number of aliphatic hydroxyl groups is 2. The summed E-state index contributed by atoms with van der Waals surface area (Å²) in [5.74, 6) is -0.0912. The van der Waals surface area contributed by atoms with E-state index in [0.29, 0.717) is 25.9 Å². The highest BCUT2D eigenvalue weighted by Crippen LogP contribution is 2.17. The summed E-state index contributed by atoms with van der Waals surface area (Å²) < 4.78 is 5.43. The maximum atomic E-state index is 12.5. The summed E-state index contributed by atoms with van der Waals surface area (Å²) >= 11 is 0. The molecule has 0 saturated carbocycles. The second-order valence-electron chi connectivity index (χ2n) is 18.6. The molecule has 0 spiro atoms. The van der Waals surface area contributed by atoms with Crippen LogP contribution in [0.5, 0.6) is 0 Å². The Labute approximate surface area is 380 Å². The summed E-state index contributed by atoms with van der Waals surface area (Å²) in [5.41, 5.74) is 0. The quantitative estimate of drug-likeness (QED) is 0.0322. The third kappa shape index (κ3) is 47.7. The number of carbonyl (C=O) groups excluding carboxylic acids is 2. The molecule has 0 aromatic heterocycles. The maximum absolute atomic E-state index is 12.5. The molecule has 360 valence electrons. The third-order valence-corrected chi connectivity index (χ3v) is 12.5. The van der Waals surface area contributed by atoms with Crippen molar-refractivity contribution in [1.29, 1.82) is 0 Å². The monoisotopic (exact) mass is 860 g/mol. The number of rotatable bonds is 50. The van der Waals surface area contributed by atoms with Crippen molar-refractivity contribution in [1.82, 2.24) is 5.32 Å². The van der Waals surface area contributed by atoms with E-state index in [-0.39, 0.29) is 18.5 Å². The molecule has 61 heavy (non-hydrogen) atoms. The summed E-state index contributed by atoms with van der Waals surface area (Å²) in [4.78, 5) is 24.5. The van der Waals surface area contributed by atoms with Crippen molar-refractivity contribution in [3.8, 4) is 0 Å². The van der Waals surface area contributed by atoms with Gasteiger partial charge in [-0.15, -0.1) is 0 Å². The number of hydrogen-bond donors (Lipinski definition) is 3. The maximum Gasteiger partial charge on any atom is 0.305 e. The highest BCUT2D eigenvalue weighted by Gasteiger charge is 2.20. The van der Waals surface area contributed by atoms with Gasteiger partial charge in [-0.05, 0) is 83.5 Å². The van der Waals surface area contributed by atoms with Gasteiger partial charge in [0.25, 0.3) is 0 Å². The van der Waals surface area contributed by atoms with Crippen LogP contribution in [0.2, 0.25) is 0 Å². The molecule has 2 atom stereocenters. The van der Waals surface area contributed by atoms with Crippen molar-refractivity contribution in [3.63, 3.8) is 0 Å². The highest BCUT2D eigenvalue weighted by atomic mass is 16.5. The van der Waals surface area contributed by atoms with Gasteiger partial charge in [-0.2, -0.15) is 0 Å². The fourth-order valence-corrected chi connectivity index (χ4v) is 8.28. The summed E-state index contributed by atoms with van der Waals surface area (Å²) in [6.45, 7) is 4.88. The Bertz CT molecular complexity index is 951. The second kappa shape index (κ2) is 51.0. The van der Waals surface area contributed by atoms with E-state index in [4.69, 9.17) is 4.74 Å². The first-order chi connectivity index (χ1) is 30.0. The molecule has 0 radical (unpaired) electrons. The summed E-state index contributed by atoms with van der Waals surface area (Å²) in [5, 5.41) is 23.3. The normalized spacial score (nSPS) is 12.8. The van der Waals surface area contributed by atoms with Gasteiger partial charge in [0, 0.05) is 12.8 Å². The highest BCUT2D eigenvalue weighted by molar-refractivity contribution is 5.76. The molecule has 3 N–H and O–H groups in total. The Hall–Kier alpha value is -1.66. The smallest absolute Gasteiger partial charge is 0.305 e. The van der Waals surface area contributed by atoms with Gasteiger partial charge in [0.2, 0.25) is 5.91 Å². The van der Waals surface area contributed by atoms with E-state index in [1.165, 1.54) is 180 Å². The van der Waals surface area contributed by atoms with Crippen LogP contribution in [-0.2, 0) is 14.3 Å². The topological polar surface area (TPSA) is 95.9 Å². The Kier molecular flexibility index (Phi) is 49.6. The van der Waals surface area contributed by atoms with Gasteiger partial charge in [0.05, 0.1) is 25.4 Å². The first kappa shape index (κ1) is 59.3. The van der Waals surface area contributed by atoms with Gasteiger partial charge in [-0.3, -0.25) is 9.59 Å². The zero-order chi connectivity index (χ0) is 44.4. The van der Waals surface area contributed by atoms with E-state index >= 15 is 0 Å². The summed E-state index contributed by atoms with van der Waals surface area (Å²) in [7, 11) is 0. The Morgan fingerprint density at radius 2 is 0.770 bits per heavy atom. The number of hydrogen-bond acceptors (Lipinski definition) is 5. The standard InChI is InChI=1S/C55H105NO5/c1-3-5-7-9-11-13-15-17-18-19-20-21-22-24-27-31-35-39-43-47-53(58)52(51-57)56-54(59)48-44-40-36-32-28-25-26-30-34-38-42-46-50-61-55(60)49-45-41-37-33-29-23-16-14-12-10-8-6-4-2/h14,16,26,30,52-53,57-58H,3-13,15,17-25,27-29,31-51H2,1-2H3,(H,56,59)/b16-14-,30-26-. The molecule has 0 fully saturated rings. The average molecular weight is 860 g/mol. The van der Waals surface area contributed by atoms with Gasteiger partial charge in [-0.1, -0.05) is 218 Å². The molecule has 1 amide bonds. The molecule has 0 aliphatic heterocycles. The lowest BCUT2D eigenvalue weighted by Gasteiger charge is -2.22. The molecule has 0 saturated heterocycles. The predicted octanol–water partition coefficient (Wildman–Crippen LogP) is 16.3. The van der Waals surface area contributed by atoms with Crippen LogP contribution in [0.3, 0.4) is 0 Å². The lowest BCUT2D eigenvalue weighted by atomic mass is 10.0. The minimum absolute atomic E-state index is 0.0317. The van der Waals surface area contributed by atoms with Gasteiger partial charge < -0.3 is 20.3 Å². The molecule has 0 heterocycles. The molecule has 0 aromatic rings. The number of amides is 1. The van der Waals surface area contributed by atoms with Crippen LogP contribution in [0, 0.1) is 0 Å². The number of allylic oxidation sites excluding steroid dienone is 4. The lowest BCUT2D eigenvalue weighted by molar-refractivity contribution is -0.143. The van der Waals surface area contributed by atoms with Crippen LogP contribution in [-0.4, -0.2) is 47.4 Å². The van der Waals surface area contributed by atoms with Crippen molar-refractivity contribution in [2.24, 2.45) is 0 Å². The van der Waals surface area contributed by atoms with E-state index in [2.05, 4.69) is 43.5 Å². The Morgan fingerprint density at radius 3 is 1.18 bits per heavy atom.